The third-order valence-electron chi connectivity index (χ3n) is 3.61. The van der Waals surface area contributed by atoms with Crippen LogP contribution < -0.4 is 5.32 Å². The molecule has 1 atom stereocenters. The summed E-state index contributed by atoms with van der Waals surface area (Å²) in [4.78, 5) is 15.5. The number of methoxy groups -OCH3 is 1. The molecule has 0 fully saturated rings. The molecular weight excluding hydrogens is 240 g/mol. The van der Waals surface area contributed by atoms with Gasteiger partial charge in [0, 0.05) is 18.8 Å². The Morgan fingerprint density at radius 3 is 2.53 bits per heavy atom. The molecule has 0 radical (unpaired) electrons. The maximum atomic E-state index is 11.3. The first-order valence-corrected chi connectivity index (χ1v) is 6.88. The molecule has 0 aliphatic rings. The van der Waals surface area contributed by atoms with Crippen molar-refractivity contribution in [2.75, 3.05) is 7.11 Å². The summed E-state index contributed by atoms with van der Waals surface area (Å²) >= 11 is 0. The number of carbonyl (C=O) groups is 1. The largest absolute Gasteiger partial charge is 0.465 e. The van der Waals surface area contributed by atoms with Crippen molar-refractivity contribution < 1.29 is 9.53 Å². The molecule has 0 bridgehead atoms. The Labute approximate surface area is 115 Å². The van der Waals surface area contributed by atoms with Crippen molar-refractivity contribution in [3.8, 4) is 0 Å². The number of rotatable bonds is 7. The van der Waals surface area contributed by atoms with Crippen LogP contribution in [0.4, 0.5) is 0 Å². The number of aromatic nitrogens is 1. The predicted octanol–water partition coefficient (Wildman–Crippen LogP) is 2.78. The van der Waals surface area contributed by atoms with Gasteiger partial charge in [0.2, 0.25) is 0 Å². The second kappa shape index (κ2) is 7.89. The fourth-order valence-electron chi connectivity index (χ4n) is 2.20. The Morgan fingerprint density at radius 1 is 1.37 bits per heavy atom. The first kappa shape index (κ1) is 15.6. The number of ether oxygens (including phenoxy) is 1. The lowest BCUT2D eigenvalue weighted by Crippen LogP contribution is -2.32. The van der Waals surface area contributed by atoms with E-state index in [1.54, 1.807) is 12.3 Å². The van der Waals surface area contributed by atoms with E-state index < -0.39 is 0 Å². The molecule has 1 heterocycles. The molecule has 0 aliphatic heterocycles. The van der Waals surface area contributed by atoms with E-state index in [9.17, 15) is 4.79 Å². The highest BCUT2D eigenvalue weighted by Gasteiger charge is 2.13. The molecule has 0 amide bonds. The van der Waals surface area contributed by atoms with Gasteiger partial charge in [0.25, 0.3) is 0 Å². The van der Waals surface area contributed by atoms with Crippen LogP contribution in [-0.4, -0.2) is 24.1 Å². The van der Waals surface area contributed by atoms with Gasteiger partial charge in [-0.1, -0.05) is 26.7 Å². The molecule has 0 saturated heterocycles. The van der Waals surface area contributed by atoms with Crippen molar-refractivity contribution in [1.29, 1.82) is 0 Å². The Bertz CT molecular complexity index is 386. The lowest BCUT2D eigenvalue weighted by atomic mass is 9.95. The van der Waals surface area contributed by atoms with Gasteiger partial charge >= 0.3 is 5.97 Å². The average molecular weight is 264 g/mol. The summed E-state index contributed by atoms with van der Waals surface area (Å²) in [5.41, 5.74) is 1.42. The summed E-state index contributed by atoms with van der Waals surface area (Å²) in [6.45, 7) is 7.37. The summed E-state index contributed by atoms with van der Waals surface area (Å²) in [5.74, 6) is 0.340. The van der Waals surface area contributed by atoms with Crippen molar-refractivity contribution in [2.24, 2.45) is 5.92 Å². The zero-order valence-electron chi connectivity index (χ0n) is 12.3. The van der Waals surface area contributed by atoms with Crippen molar-refractivity contribution in [3.63, 3.8) is 0 Å². The Kier molecular flexibility index (Phi) is 6.50. The molecule has 1 rings (SSSR count). The summed E-state index contributed by atoms with van der Waals surface area (Å²) in [7, 11) is 1.37. The molecule has 0 spiro atoms. The highest BCUT2D eigenvalue weighted by Crippen LogP contribution is 2.13. The lowest BCUT2D eigenvalue weighted by Gasteiger charge is -2.22. The predicted molar refractivity (Wildman–Crippen MR) is 76.0 cm³/mol. The number of esters is 1. The number of nitrogens with zero attached hydrogens (tertiary/aromatic N) is 1. The van der Waals surface area contributed by atoms with Crippen LogP contribution in [0.5, 0.6) is 0 Å². The van der Waals surface area contributed by atoms with E-state index in [1.165, 1.54) is 20.0 Å². The highest BCUT2D eigenvalue weighted by molar-refractivity contribution is 5.88. The lowest BCUT2D eigenvalue weighted by molar-refractivity contribution is 0.0600. The maximum absolute atomic E-state index is 11.3. The Morgan fingerprint density at radius 2 is 2.05 bits per heavy atom. The molecule has 1 aromatic heterocycles. The van der Waals surface area contributed by atoms with E-state index in [2.05, 4.69) is 35.8 Å². The molecule has 4 heteroatoms. The quantitative estimate of drug-likeness (QED) is 0.769. The molecule has 4 nitrogen and oxygen atoms in total. The van der Waals surface area contributed by atoms with Crippen LogP contribution in [0.25, 0.3) is 0 Å². The van der Waals surface area contributed by atoms with Crippen molar-refractivity contribution in [3.05, 3.63) is 29.6 Å². The molecule has 106 valence electrons. The number of hydrogen-bond acceptors (Lipinski definition) is 4. The van der Waals surface area contributed by atoms with Gasteiger partial charge in [0.05, 0.1) is 18.4 Å². The van der Waals surface area contributed by atoms with Gasteiger partial charge in [0.15, 0.2) is 0 Å². The van der Waals surface area contributed by atoms with Crippen LogP contribution in [0.15, 0.2) is 18.3 Å². The van der Waals surface area contributed by atoms with E-state index in [1.807, 2.05) is 6.07 Å². The monoisotopic (exact) mass is 264 g/mol. The zero-order chi connectivity index (χ0) is 14.3. The fraction of sp³-hybridized carbons (Fsp3) is 0.600. The fourth-order valence-corrected chi connectivity index (χ4v) is 2.20. The van der Waals surface area contributed by atoms with Gasteiger partial charge in [-0.3, -0.25) is 4.98 Å². The van der Waals surface area contributed by atoms with Gasteiger partial charge in [-0.05, 0) is 25.0 Å². The number of pyridine rings is 1. The van der Waals surface area contributed by atoms with Gasteiger partial charge in [-0.15, -0.1) is 0 Å². The highest BCUT2D eigenvalue weighted by atomic mass is 16.5. The van der Waals surface area contributed by atoms with Gasteiger partial charge in [-0.25, -0.2) is 4.79 Å². The van der Waals surface area contributed by atoms with E-state index in [0.29, 0.717) is 17.5 Å². The van der Waals surface area contributed by atoms with Crippen molar-refractivity contribution in [2.45, 2.75) is 46.2 Å². The second-order valence-electron chi connectivity index (χ2n) is 4.78. The molecule has 0 saturated carbocycles. The molecule has 0 aromatic carbocycles. The SMILES string of the molecule is CCC(CC)C(C)NCc1ccc(C(=O)OC)cn1. The Hall–Kier alpha value is -1.42. The summed E-state index contributed by atoms with van der Waals surface area (Å²) in [6.07, 6.45) is 3.92. The summed E-state index contributed by atoms with van der Waals surface area (Å²) in [6, 6.07) is 4.08. The minimum Gasteiger partial charge on any atom is -0.465 e. The first-order chi connectivity index (χ1) is 9.12. The van der Waals surface area contributed by atoms with Crippen molar-refractivity contribution >= 4 is 5.97 Å². The normalized spacial score (nSPS) is 12.5. The molecule has 0 aliphatic carbocycles. The third kappa shape index (κ3) is 4.63. The average Bonchev–Trinajstić information content (AvgIpc) is 2.46. The van der Waals surface area contributed by atoms with Crippen LogP contribution in [0.3, 0.4) is 0 Å². The smallest absolute Gasteiger partial charge is 0.339 e. The van der Waals surface area contributed by atoms with Crippen LogP contribution in [-0.2, 0) is 11.3 Å². The van der Waals surface area contributed by atoms with Gasteiger partial charge in [0.1, 0.15) is 0 Å². The van der Waals surface area contributed by atoms with Crippen LogP contribution in [0.2, 0.25) is 0 Å². The first-order valence-electron chi connectivity index (χ1n) is 6.88. The Balaban J connectivity index is 2.52. The molecule has 1 aromatic rings. The van der Waals surface area contributed by atoms with E-state index in [4.69, 9.17) is 0 Å². The topological polar surface area (TPSA) is 51.2 Å². The van der Waals surface area contributed by atoms with Gasteiger partial charge < -0.3 is 10.1 Å². The van der Waals surface area contributed by atoms with Gasteiger partial charge in [-0.2, -0.15) is 0 Å². The number of carbonyl (C=O) groups excluding carboxylic acids is 1. The molecular formula is C15H24N2O2. The van der Waals surface area contributed by atoms with E-state index in [0.717, 1.165) is 12.2 Å². The summed E-state index contributed by atoms with van der Waals surface area (Å²) in [5, 5.41) is 3.48. The van der Waals surface area contributed by atoms with E-state index in [-0.39, 0.29) is 5.97 Å². The number of nitrogens with one attached hydrogen (secondary N) is 1. The molecule has 19 heavy (non-hydrogen) atoms. The molecule has 1 unspecified atom stereocenters. The summed E-state index contributed by atoms with van der Waals surface area (Å²) < 4.78 is 4.64. The standard InChI is InChI=1S/C15H24N2O2/c1-5-12(6-2)11(3)16-10-14-8-7-13(9-17-14)15(18)19-4/h7-9,11-12,16H,5-6,10H2,1-4H3. The van der Waals surface area contributed by atoms with Crippen LogP contribution >= 0.6 is 0 Å². The minimum atomic E-state index is -0.350. The third-order valence-corrected chi connectivity index (χ3v) is 3.61. The van der Waals surface area contributed by atoms with E-state index >= 15 is 0 Å². The molecule has 1 N–H and O–H groups in total. The van der Waals surface area contributed by atoms with Crippen LogP contribution in [0.1, 0.15) is 49.7 Å². The maximum Gasteiger partial charge on any atom is 0.339 e. The van der Waals surface area contributed by atoms with Crippen LogP contribution in [0, 0.1) is 5.92 Å². The van der Waals surface area contributed by atoms with Crippen molar-refractivity contribution in [1.82, 2.24) is 10.3 Å². The number of hydrogen-bond donors (Lipinski definition) is 1. The zero-order valence-corrected chi connectivity index (χ0v) is 12.3. The minimum absolute atomic E-state index is 0.350. The second-order valence-corrected chi connectivity index (χ2v) is 4.78.